The lowest BCUT2D eigenvalue weighted by Crippen LogP contribution is -2.42. The first-order valence-corrected chi connectivity index (χ1v) is 8.43. The van der Waals surface area contributed by atoms with Gasteiger partial charge in [-0.2, -0.15) is 5.26 Å². The number of carbonyl (C=O) groups excluding carboxylic acids is 1. The summed E-state index contributed by atoms with van der Waals surface area (Å²) in [5.74, 6) is 0. The van der Waals surface area contributed by atoms with E-state index in [4.69, 9.17) is 23.2 Å². The van der Waals surface area contributed by atoms with Crippen molar-refractivity contribution in [2.24, 2.45) is 0 Å². The summed E-state index contributed by atoms with van der Waals surface area (Å²) in [4.78, 5) is 14.2. The Bertz CT molecular complexity index is 780. The van der Waals surface area contributed by atoms with Crippen LogP contribution in [0.3, 0.4) is 0 Å². The van der Waals surface area contributed by atoms with Gasteiger partial charge in [-0.15, -0.1) is 0 Å². The Morgan fingerprint density at radius 2 is 1.72 bits per heavy atom. The second-order valence-corrected chi connectivity index (χ2v) is 6.11. The molecule has 0 saturated carbocycles. The molecule has 0 saturated heterocycles. The van der Waals surface area contributed by atoms with Crippen molar-refractivity contribution in [3.63, 3.8) is 0 Å². The molecule has 2 amide bonds. The smallest absolute Gasteiger partial charge is 0.308 e. The monoisotopic (exact) mass is 373 g/mol. The molecule has 1 N–H and O–H groups in total. The SMILES string of the molecule is C/C=C\CC(C#N)N(C(=O)Nc1ccc(Cl)cc1)c1ccc(Cl)cc1. The molecular formula is C19H17Cl2N3O. The van der Waals surface area contributed by atoms with Gasteiger partial charge in [0.2, 0.25) is 0 Å². The number of nitrogens with one attached hydrogen (secondary N) is 1. The molecule has 0 aliphatic heterocycles. The van der Waals surface area contributed by atoms with Gasteiger partial charge >= 0.3 is 6.03 Å². The first-order chi connectivity index (χ1) is 12.0. The van der Waals surface area contributed by atoms with E-state index in [9.17, 15) is 10.1 Å². The average molecular weight is 374 g/mol. The number of carbonyl (C=O) groups is 1. The maximum absolute atomic E-state index is 12.8. The number of amides is 2. The predicted octanol–water partition coefficient (Wildman–Crippen LogP) is 5.89. The number of hydrogen-bond donors (Lipinski definition) is 1. The summed E-state index contributed by atoms with van der Waals surface area (Å²) in [6.07, 6.45) is 4.12. The van der Waals surface area contributed by atoms with E-state index in [2.05, 4.69) is 11.4 Å². The number of allylic oxidation sites excluding steroid dienone is 1. The van der Waals surface area contributed by atoms with Crippen molar-refractivity contribution < 1.29 is 4.79 Å². The molecule has 0 heterocycles. The molecule has 0 aromatic heterocycles. The van der Waals surface area contributed by atoms with Crippen LogP contribution < -0.4 is 10.2 Å². The van der Waals surface area contributed by atoms with E-state index in [1.807, 2.05) is 19.1 Å². The lowest BCUT2D eigenvalue weighted by Gasteiger charge is -2.27. The molecule has 0 aliphatic rings. The van der Waals surface area contributed by atoms with Gasteiger partial charge in [0.05, 0.1) is 6.07 Å². The van der Waals surface area contributed by atoms with E-state index in [0.717, 1.165) is 0 Å². The van der Waals surface area contributed by atoms with Crippen LogP contribution in [0.5, 0.6) is 0 Å². The van der Waals surface area contributed by atoms with Gasteiger partial charge in [-0.3, -0.25) is 4.90 Å². The topological polar surface area (TPSA) is 56.1 Å². The molecule has 1 atom stereocenters. The maximum Gasteiger partial charge on any atom is 0.327 e. The Morgan fingerprint density at radius 1 is 1.16 bits per heavy atom. The number of halogens is 2. The molecule has 0 bridgehead atoms. The highest BCUT2D eigenvalue weighted by Gasteiger charge is 2.24. The molecule has 2 aromatic rings. The van der Waals surface area contributed by atoms with Crippen LogP contribution in [-0.2, 0) is 0 Å². The average Bonchev–Trinajstić information content (AvgIpc) is 2.61. The fraction of sp³-hybridized carbons (Fsp3) is 0.158. The van der Waals surface area contributed by atoms with Crippen molar-refractivity contribution in [3.05, 3.63) is 70.7 Å². The largest absolute Gasteiger partial charge is 0.327 e. The molecule has 6 heteroatoms. The van der Waals surface area contributed by atoms with Crippen LogP contribution >= 0.6 is 23.2 Å². The van der Waals surface area contributed by atoms with Gasteiger partial charge in [-0.05, 0) is 61.9 Å². The van der Waals surface area contributed by atoms with Crippen LogP contribution in [0, 0.1) is 11.3 Å². The lowest BCUT2D eigenvalue weighted by molar-refractivity contribution is 0.256. The number of benzene rings is 2. The molecule has 0 aliphatic carbocycles. The summed E-state index contributed by atoms with van der Waals surface area (Å²) >= 11 is 11.8. The van der Waals surface area contributed by atoms with Crippen LogP contribution in [-0.4, -0.2) is 12.1 Å². The standard InChI is InChI=1S/C19H17Cl2N3O/c1-2-3-4-18(13-22)24(17-11-7-15(21)8-12-17)19(25)23-16-9-5-14(20)6-10-16/h2-3,5-12,18H,4H2,1H3,(H,23,25)/b3-2-. The van der Waals surface area contributed by atoms with Crippen molar-refractivity contribution in [1.82, 2.24) is 0 Å². The van der Waals surface area contributed by atoms with Gasteiger partial charge in [0.1, 0.15) is 6.04 Å². The molecule has 2 aromatic carbocycles. The first-order valence-electron chi connectivity index (χ1n) is 7.67. The maximum atomic E-state index is 12.8. The van der Waals surface area contributed by atoms with Gasteiger partial charge < -0.3 is 5.32 Å². The summed E-state index contributed by atoms with van der Waals surface area (Å²) in [6.45, 7) is 1.87. The molecule has 25 heavy (non-hydrogen) atoms. The molecule has 0 spiro atoms. The number of urea groups is 1. The quantitative estimate of drug-likeness (QED) is 0.664. The molecule has 0 fully saturated rings. The second kappa shape index (κ2) is 9.12. The van der Waals surface area contributed by atoms with Crippen LogP contribution in [0.15, 0.2) is 60.7 Å². The van der Waals surface area contributed by atoms with Crippen LogP contribution in [0.2, 0.25) is 10.0 Å². The zero-order valence-electron chi connectivity index (χ0n) is 13.6. The zero-order valence-corrected chi connectivity index (χ0v) is 15.1. The summed E-state index contributed by atoms with van der Waals surface area (Å²) in [5, 5.41) is 13.5. The summed E-state index contributed by atoms with van der Waals surface area (Å²) < 4.78 is 0. The van der Waals surface area contributed by atoms with Crippen molar-refractivity contribution in [2.75, 3.05) is 10.2 Å². The van der Waals surface area contributed by atoms with Crippen LogP contribution in [0.1, 0.15) is 13.3 Å². The molecular weight excluding hydrogens is 357 g/mol. The molecule has 128 valence electrons. The first kappa shape index (κ1) is 18.9. The Labute approximate surface area is 157 Å². The number of hydrogen-bond acceptors (Lipinski definition) is 2. The third-order valence-electron chi connectivity index (χ3n) is 3.47. The van der Waals surface area contributed by atoms with E-state index in [0.29, 0.717) is 27.8 Å². The highest BCUT2D eigenvalue weighted by molar-refractivity contribution is 6.31. The van der Waals surface area contributed by atoms with Gasteiger partial charge in [0.25, 0.3) is 0 Å². The van der Waals surface area contributed by atoms with Gasteiger partial charge in [0, 0.05) is 21.4 Å². The lowest BCUT2D eigenvalue weighted by atomic mass is 10.1. The molecule has 2 rings (SSSR count). The van der Waals surface area contributed by atoms with E-state index >= 15 is 0 Å². The van der Waals surface area contributed by atoms with Gasteiger partial charge in [-0.1, -0.05) is 35.4 Å². The normalized spacial score (nSPS) is 11.8. The van der Waals surface area contributed by atoms with Gasteiger partial charge in [-0.25, -0.2) is 4.79 Å². The van der Waals surface area contributed by atoms with Crippen molar-refractivity contribution in [3.8, 4) is 6.07 Å². The van der Waals surface area contributed by atoms with E-state index in [-0.39, 0.29) is 0 Å². The minimum atomic E-state index is -0.648. The third-order valence-corrected chi connectivity index (χ3v) is 3.98. The Hall–Kier alpha value is -2.48. The van der Waals surface area contributed by atoms with E-state index < -0.39 is 12.1 Å². The summed E-state index contributed by atoms with van der Waals surface area (Å²) in [6, 6.07) is 14.7. The minimum Gasteiger partial charge on any atom is -0.308 e. The van der Waals surface area contributed by atoms with Crippen LogP contribution in [0.25, 0.3) is 0 Å². The summed E-state index contributed by atoms with van der Waals surface area (Å²) in [7, 11) is 0. The Balaban J connectivity index is 2.32. The Kier molecular flexibility index (Phi) is 6.88. The molecule has 0 radical (unpaired) electrons. The predicted molar refractivity (Wildman–Crippen MR) is 103 cm³/mol. The molecule has 1 unspecified atom stereocenters. The highest BCUT2D eigenvalue weighted by Crippen LogP contribution is 2.23. The van der Waals surface area contributed by atoms with E-state index in [1.165, 1.54) is 4.90 Å². The minimum absolute atomic E-state index is 0.402. The summed E-state index contributed by atoms with van der Waals surface area (Å²) in [5.41, 5.74) is 1.18. The third kappa shape index (κ3) is 5.25. The number of nitriles is 1. The van der Waals surface area contributed by atoms with E-state index in [1.54, 1.807) is 48.5 Å². The second-order valence-electron chi connectivity index (χ2n) is 5.23. The van der Waals surface area contributed by atoms with Crippen LogP contribution in [0.4, 0.5) is 16.2 Å². The van der Waals surface area contributed by atoms with Crippen molar-refractivity contribution in [2.45, 2.75) is 19.4 Å². The van der Waals surface area contributed by atoms with Gasteiger partial charge in [0.15, 0.2) is 0 Å². The van der Waals surface area contributed by atoms with Crippen molar-refractivity contribution in [1.29, 1.82) is 5.26 Å². The number of anilines is 2. The highest BCUT2D eigenvalue weighted by atomic mass is 35.5. The van der Waals surface area contributed by atoms with Crippen molar-refractivity contribution >= 4 is 40.6 Å². The number of nitrogens with zero attached hydrogens (tertiary/aromatic N) is 2. The zero-order chi connectivity index (χ0) is 18.2. The Morgan fingerprint density at radius 3 is 2.24 bits per heavy atom. The molecule has 4 nitrogen and oxygen atoms in total. The number of rotatable bonds is 5. The fourth-order valence-electron chi connectivity index (χ4n) is 2.24. The fourth-order valence-corrected chi connectivity index (χ4v) is 2.49.